The topological polar surface area (TPSA) is 75.4 Å². The molecule has 2 heterocycles. The number of carbonyl (C=O) groups is 2. The Hall–Kier alpha value is -1.40. The molecule has 1 atom stereocenters. The van der Waals surface area contributed by atoms with Crippen LogP contribution in [0.1, 0.15) is 47.0 Å². The van der Waals surface area contributed by atoms with Crippen molar-refractivity contribution in [3.05, 3.63) is 16.0 Å². The number of nitrogens with one attached hydrogen (secondary N) is 1. The van der Waals surface area contributed by atoms with Crippen LogP contribution < -0.4 is 11.1 Å². The Bertz CT molecular complexity index is 576. The molecule has 3 N–H and O–H groups in total. The highest BCUT2D eigenvalue weighted by Crippen LogP contribution is 2.38. The van der Waals surface area contributed by atoms with Crippen LogP contribution >= 0.6 is 11.3 Å². The molecule has 0 unspecified atom stereocenters. The van der Waals surface area contributed by atoms with Crippen LogP contribution in [-0.4, -0.2) is 35.8 Å². The first-order chi connectivity index (χ1) is 10.1. The molecule has 0 aromatic carbocycles. The molecule has 0 radical (unpaired) electrons. The summed E-state index contributed by atoms with van der Waals surface area (Å²) in [4.78, 5) is 27.5. The van der Waals surface area contributed by atoms with Crippen molar-refractivity contribution in [2.75, 3.05) is 18.4 Å². The number of hydrogen-bond acceptors (Lipinski definition) is 4. The summed E-state index contributed by atoms with van der Waals surface area (Å²) in [6.45, 7) is 3.86. The van der Waals surface area contributed by atoms with Crippen molar-refractivity contribution in [2.45, 2.75) is 45.1 Å². The summed E-state index contributed by atoms with van der Waals surface area (Å²) in [6, 6.07) is -0.162. The Morgan fingerprint density at radius 3 is 2.62 bits per heavy atom. The lowest BCUT2D eigenvalue weighted by Gasteiger charge is -2.22. The van der Waals surface area contributed by atoms with Gasteiger partial charge in [-0.05, 0) is 57.7 Å². The third-order valence-corrected chi connectivity index (χ3v) is 5.68. The molecule has 5 nitrogen and oxygen atoms in total. The van der Waals surface area contributed by atoms with E-state index >= 15 is 0 Å². The van der Waals surface area contributed by atoms with Gasteiger partial charge in [0.15, 0.2) is 0 Å². The maximum absolute atomic E-state index is 12.4. The van der Waals surface area contributed by atoms with Gasteiger partial charge in [0.2, 0.25) is 5.91 Å². The lowest BCUT2D eigenvalue weighted by atomic mass is 10.1. The second kappa shape index (κ2) is 5.77. The average molecular weight is 307 g/mol. The Kier molecular flexibility index (Phi) is 3.99. The van der Waals surface area contributed by atoms with E-state index in [-0.39, 0.29) is 11.9 Å². The lowest BCUT2D eigenvalue weighted by Crippen LogP contribution is -2.40. The fraction of sp³-hybridized carbons (Fsp3) is 0.600. The van der Waals surface area contributed by atoms with Crippen molar-refractivity contribution < 1.29 is 9.59 Å². The molecule has 3 rings (SSSR count). The van der Waals surface area contributed by atoms with Crippen molar-refractivity contribution in [2.24, 2.45) is 5.73 Å². The molecular formula is C15H21N3O2S. The number of carbonyl (C=O) groups excluding carboxylic acids is 2. The molecule has 1 aromatic rings. The quantitative estimate of drug-likeness (QED) is 0.890. The first kappa shape index (κ1) is 14.5. The standard InChI is InChI=1S/C15H21N3O2S/c1-9(18-7-2-3-8-18)14(20)17-15-12(13(16)19)10-5-4-6-11(10)21-15/h9H,2-8H2,1H3,(H2,16,19)(H,17,20)/t9-/m0/s1. The smallest absolute Gasteiger partial charge is 0.251 e. The highest BCUT2D eigenvalue weighted by molar-refractivity contribution is 7.17. The third kappa shape index (κ3) is 2.70. The van der Waals surface area contributed by atoms with Crippen LogP contribution in [0.2, 0.25) is 0 Å². The fourth-order valence-electron chi connectivity index (χ4n) is 3.26. The highest BCUT2D eigenvalue weighted by atomic mass is 32.1. The van der Waals surface area contributed by atoms with E-state index in [4.69, 9.17) is 5.73 Å². The van der Waals surface area contributed by atoms with Gasteiger partial charge in [-0.1, -0.05) is 0 Å². The number of nitrogens with two attached hydrogens (primary N) is 1. The normalized spacial score (nSPS) is 19.5. The van der Waals surface area contributed by atoms with E-state index < -0.39 is 5.91 Å². The van der Waals surface area contributed by atoms with Crippen LogP contribution in [-0.2, 0) is 17.6 Å². The number of rotatable bonds is 4. The zero-order valence-electron chi connectivity index (χ0n) is 12.3. The first-order valence-corrected chi connectivity index (χ1v) is 8.39. The average Bonchev–Trinajstić information content (AvgIpc) is 3.13. The van der Waals surface area contributed by atoms with Gasteiger partial charge in [-0.2, -0.15) is 0 Å². The summed E-state index contributed by atoms with van der Waals surface area (Å²) < 4.78 is 0. The Morgan fingerprint density at radius 1 is 1.24 bits per heavy atom. The summed E-state index contributed by atoms with van der Waals surface area (Å²) in [5.74, 6) is -0.474. The molecule has 2 aliphatic rings. The largest absolute Gasteiger partial charge is 0.365 e. The van der Waals surface area contributed by atoms with Gasteiger partial charge in [0.1, 0.15) is 5.00 Å². The highest BCUT2D eigenvalue weighted by Gasteiger charge is 2.29. The summed E-state index contributed by atoms with van der Waals surface area (Å²) in [7, 11) is 0. The fourth-order valence-corrected chi connectivity index (χ4v) is 4.56. The molecule has 1 aliphatic heterocycles. The Balaban J connectivity index is 1.78. The number of aryl methyl sites for hydroxylation is 1. The third-order valence-electron chi connectivity index (χ3n) is 4.47. The molecular weight excluding hydrogens is 286 g/mol. The molecule has 0 spiro atoms. The van der Waals surface area contributed by atoms with E-state index in [0.717, 1.165) is 50.8 Å². The Morgan fingerprint density at radius 2 is 1.95 bits per heavy atom. The summed E-state index contributed by atoms with van der Waals surface area (Å²) in [5, 5.41) is 3.58. The molecule has 1 saturated heterocycles. The minimum atomic E-state index is -0.432. The number of amides is 2. The molecule has 114 valence electrons. The number of fused-ring (bicyclic) bond motifs is 1. The van der Waals surface area contributed by atoms with Gasteiger partial charge >= 0.3 is 0 Å². The van der Waals surface area contributed by atoms with Crippen LogP contribution in [0.4, 0.5) is 5.00 Å². The number of nitrogens with zero attached hydrogens (tertiary/aromatic N) is 1. The Labute approximate surface area is 128 Å². The van der Waals surface area contributed by atoms with Crippen LogP contribution in [0.25, 0.3) is 0 Å². The maximum Gasteiger partial charge on any atom is 0.251 e. The summed E-state index contributed by atoms with van der Waals surface area (Å²) in [5.41, 5.74) is 7.10. The second-order valence-corrected chi connectivity index (χ2v) is 6.94. The molecule has 2 amide bonds. The van der Waals surface area contributed by atoms with Crippen LogP contribution in [0.15, 0.2) is 0 Å². The van der Waals surface area contributed by atoms with E-state index in [1.807, 2.05) is 6.92 Å². The molecule has 21 heavy (non-hydrogen) atoms. The zero-order valence-corrected chi connectivity index (χ0v) is 13.1. The van der Waals surface area contributed by atoms with Gasteiger partial charge in [0.05, 0.1) is 11.6 Å². The second-order valence-electron chi connectivity index (χ2n) is 5.83. The van der Waals surface area contributed by atoms with E-state index in [0.29, 0.717) is 10.6 Å². The zero-order chi connectivity index (χ0) is 15.0. The van der Waals surface area contributed by atoms with Gasteiger partial charge in [-0.15, -0.1) is 11.3 Å². The van der Waals surface area contributed by atoms with Crippen molar-refractivity contribution in [3.63, 3.8) is 0 Å². The number of likely N-dealkylation sites (tertiary alicyclic amines) is 1. The van der Waals surface area contributed by atoms with Gasteiger partial charge in [0, 0.05) is 4.88 Å². The predicted octanol–water partition coefficient (Wildman–Crippen LogP) is 1.76. The van der Waals surface area contributed by atoms with Crippen LogP contribution in [0.3, 0.4) is 0 Å². The van der Waals surface area contributed by atoms with E-state index in [1.165, 1.54) is 16.2 Å². The number of hydrogen-bond donors (Lipinski definition) is 2. The molecule has 0 bridgehead atoms. The number of thiophene rings is 1. The van der Waals surface area contributed by atoms with Crippen LogP contribution in [0.5, 0.6) is 0 Å². The number of anilines is 1. The summed E-state index contributed by atoms with van der Waals surface area (Å²) in [6.07, 6.45) is 5.24. The molecule has 1 aromatic heterocycles. The van der Waals surface area contributed by atoms with E-state index in [2.05, 4.69) is 10.2 Å². The first-order valence-electron chi connectivity index (χ1n) is 7.57. The van der Waals surface area contributed by atoms with Crippen molar-refractivity contribution in [1.82, 2.24) is 4.90 Å². The SMILES string of the molecule is C[C@@H](C(=O)Nc1sc2c(c1C(N)=O)CCC2)N1CCCC1. The number of primary amides is 1. The van der Waals surface area contributed by atoms with E-state index in [1.54, 1.807) is 0 Å². The van der Waals surface area contributed by atoms with Gasteiger partial charge in [0.25, 0.3) is 5.91 Å². The maximum atomic E-state index is 12.4. The predicted molar refractivity (Wildman–Crippen MR) is 83.8 cm³/mol. The summed E-state index contributed by atoms with van der Waals surface area (Å²) >= 11 is 1.51. The molecule has 1 fully saturated rings. The monoisotopic (exact) mass is 307 g/mol. The van der Waals surface area contributed by atoms with Gasteiger partial charge in [-0.25, -0.2) is 0 Å². The van der Waals surface area contributed by atoms with E-state index in [9.17, 15) is 9.59 Å². The van der Waals surface area contributed by atoms with Crippen molar-refractivity contribution in [1.29, 1.82) is 0 Å². The molecule has 0 saturated carbocycles. The van der Waals surface area contributed by atoms with Crippen molar-refractivity contribution >= 4 is 28.2 Å². The molecule has 1 aliphatic carbocycles. The minimum absolute atomic E-state index is 0.0423. The van der Waals surface area contributed by atoms with Gasteiger partial charge < -0.3 is 11.1 Å². The minimum Gasteiger partial charge on any atom is -0.365 e. The van der Waals surface area contributed by atoms with Crippen molar-refractivity contribution in [3.8, 4) is 0 Å². The van der Waals surface area contributed by atoms with Gasteiger partial charge in [-0.3, -0.25) is 14.5 Å². The lowest BCUT2D eigenvalue weighted by molar-refractivity contribution is -0.120. The molecule has 6 heteroatoms. The van der Waals surface area contributed by atoms with Crippen LogP contribution in [0, 0.1) is 0 Å².